The van der Waals surface area contributed by atoms with Crippen molar-refractivity contribution < 1.29 is 21.1 Å². The summed E-state index contributed by atoms with van der Waals surface area (Å²) in [7, 11) is 0. The number of fused-ring (bicyclic) bond motifs is 10. The molecule has 8 bridgehead atoms. The number of nitrogens with zero attached hydrogens (tertiary/aromatic N) is 6. The van der Waals surface area contributed by atoms with Crippen LogP contribution in [-0.4, -0.2) is 29.5 Å². The molecule has 4 aromatic rings. The average molecular weight is 620 g/mol. The summed E-state index contributed by atoms with van der Waals surface area (Å²) in [6.45, 7) is 8.59. The summed E-state index contributed by atoms with van der Waals surface area (Å²) in [6.07, 6.45) is 11.6. The Hall–Kier alpha value is -2.59. The van der Waals surface area contributed by atoms with Gasteiger partial charge in [-0.05, 0) is 56.6 Å². The third-order valence-electron chi connectivity index (χ3n) is 6.33. The molecule has 5 rings (SSSR count). The molecule has 0 saturated carbocycles. The SMILES string of the molecule is CCc1nn2[c-]c1CCCc1[c-]n(nc1CC)-c1cccc(n1)C(C)(C)c1cccc-2n1.[Pt+2]. The third-order valence-corrected chi connectivity index (χ3v) is 6.33. The minimum atomic E-state index is -0.393. The molecule has 5 heterocycles. The second kappa shape index (κ2) is 9.34. The molecule has 6 nitrogen and oxygen atoms in total. The van der Waals surface area contributed by atoms with E-state index in [-0.39, 0.29) is 21.1 Å². The molecule has 4 aromatic heterocycles. The standard InChI is InChI=1S/C26H28N6.Pt/c1-5-20-18-10-7-11-19-17-32(30-21(19)6-2)25-15-9-13-23(28-25)26(3,4)22-12-8-14-24(27-22)31(16-18)29-20;/h8-9,12-15H,5-7,10-11H2,1-4H3;/q-2;+2. The largest absolute Gasteiger partial charge is 2.00 e. The van der Waals surface area contributed by atoms with Crippen LogP contribution in [0.3, 0.4) is 0 Å². The van der Waals surface area contributed by atoms with Crippen molar-refractivity contribution in [3.63, 3.8) is 0 Å². The normalized spacial score (nSPS) is 14.5. The van der Waals surface area contributed by atoms with Crippen molar-refractivity contribution in [1.29, 1.82) is 0 Å². The molecule has 0 saturated heterocycles. The minimum Gasteiger partial charge on any atom is -0.343 e. The van der Waals surface area contributed by atoms with Gasteiger partial charge in [0.25, 0.3) is 0 Å². The van der Waals surface area contributed by atoms with E-state index in [2.05, 4.69) is 52.2 Å². The van der Waals surface area contributed by atoms with Crippen molar-refractivity contribution >= 4 is 0 Å². The number of aryl methyl sites for hydroxylation is 4. The van der Waals surface area contributed by atoms with Crippen molar-refractivity contribution in [3.05, 3.63) is 82.7 Å². The molecule has 0 radical (unpaired) electrons. The molecule has 0 atom stereocenters. The van der Waals surface area contributed by atoms with Crippen molar-refractivity contribution in [3.8, 4) is 11.6 Å². The van der Waals surface area contributed by atoms with E-state index < -0.39 is 5.41 Å². The van der Waals surface area contributed by atoms with E-state index in [1.54, 1.807) is 0 Å². The monoisotopic (exact) mass is 619 g/mol. The van der Waals surface area contributed by atoms with E-state index in [4.69, 9.17) is 20.2 Å². The molecule has 172 valence electrons. The first-order valence-corrected chi connectivity index (χ1v) is 11.5. The van der Waals surface area contributed by atoms with Crippen LogP contribution in [0.15, 0.2) is 36.4 Å². The van der Waals surface area contributed by atoms with Crippen LogP contribution in [0.25, 0.3) is 11.6 Å². The summed E-state index contributed by atoms with van der Waals surface area (Å²) in [4.78, 5) is 9.94. The maximum absolute atomic E-state index is 4.97. The molecule has 0 fully saturated rings. The zero-order valence-corrected chi connectivity index (χ0v) is 21.8. The van der Waals surface area contributed by atoms with Crippen molar-refractivity contribution in [2.75, 3.05) is 0 Å². The fraction of sp³-hybridized carbons (Fsp3) is 0.385. The maximum Gasteiger partial charge on any atom is 2.00 e. The van der Waals surface area contributed by atoms with Gasteiger partial charge < -0.3 is 9.36 Å². The fourth-order valence-electron chi connectivity index (χ4n) is 4.33. The first-order chi connectivity index (χ1) is 15.5. The van der Waals surface area contributed by atoms with Crippen LogP contribution in [-0.2, 0) is 52.2 Å². The summed E-state index contributed by atoms with van der Waals surface area (Å²) in [6, 6.07) is 12.2. The second-order valence-corrected chi connectivity index (χ2v) is 8.85. The fourth-order valence-corrected chi connectivity index (χ4v) is 4.33. The Balaban J connectivity index is 0.00000259. The van der Waals surface area contributed by atoms with Crippen LogP contribution >= 0.6 is 0 Å². The zero-order chi connectivity index (χ0) is 22.3. The Labute approximate surface area is 209 Å². The zero-order valence-electron chi connectivity index (χ0n) is 19.5. The molecule has 0 N–H and O–H groups in total. The number of pyridine rings is 2. The van der Waals surface area contributed by atoms with Crippen LogP contribution in [0.5, 0.6) is 0 Å². The topological polar surface area (TPSA) is 61.4 Å². The Morgan fingerprint density at radius 3 is 1.67 bits per heavy atom. The van der Waals surface area contributed by atoms with Gasteiger partial charge in [0.1, 0.15) is 0 Å². The molecule has 7 heteroatoms. The van der Waals surface area contributed by atoms with E-state index in [1.165, 1.54) is 11.1 Å². The van der Waals surface area contributed by atoms with E-state index in [0.29, 0.717) is 0 Å². The Bertz CT molecular complexity index is 1170. The molecule has 33 heavy (non-hydrogen) atoms. The molecule has 0 aliphatic carbocycles. The Morgan fingerprint density at radius 1 is 0.788 bits per heavy atom. The third kappa shape index (κ3) is 4.33. The molecule has 0 amide bonds. The van der Waals surface area contributed by atoms with Gasteiger partial charge in [-0.25, -0.2) is 0 Å². The predicted octanol–water partition coefficient (Wildman–Crippen LogP) is 4.39. The van der Waals surface area contributed by atoms with Gasteiger partial charge in [-0.1, -0.05) is 63.3 Å². The number of hydrogen-bond acceptors (Lipinski definition) is 4. The van der Waals surface area contributed by atoms with Gasteiger partial charge in [0.2, 0.25) is 0 Å². The molecule has 1 aliphatic rings. The number of hydrogen-bond donors (Lipinski definition) is 0. The molecular formula is C26H28N6Pt. The summed E-state index contributed by atoms with van der Waals surface area (Å²) in [5, 5.41) is 9.62. The van der Waals surface area contributed by atoms with Gasteiger partial charge in [0.15, 0.2) is 0 Å². The van der Waals surface area contributed by atoms with E-state index in [1.807, 2.05) is 33.6 Å². The van der Waals surface area contributed by atoms with Crippen LogP contribution in [0.2, 0.25) is 0 Å². The molecule has 1 aliphatic heterocycles. The second-order valence-electron chi connectivity index (χ2n) is 8.85. The number of rotatable bonds is 2. The van der Waals surface area contributed by atoms with Gasteiger partial charge in [0, 0.05) is 16.8 Å². The van der Waals surface area contributed by atoms with Gasteiger partial charge in [0.05, 0.1) is 11.6 Å². The van der Waals surface area contributed by atoms with Crippen LogP contribution in [0.4, 0.5) is 0 Å². The van der Waals surface area contributed by atoms with Crippen LogP contribution in [0, 0.1) is 12.4 Å². The van der Waals surface area contributed by atoms with Gasteiger partial charge in [-0.15, -0.1) is 11.1 Å². The van der Waals surface area contributed by atoms with E-state index >= 15 is 0 Å². The van der Waals surface area contributed by atoms with Crippen LogP contribution < -0.4 is 0 Å². The van der Waals surface area contributed by atoms with Gasteiger partial charge in [-0.3, -0.25) is 20.2 Å². The van der Waals surface area contributed by atoms with Crippen molar-refractivity contribution in [2.45, 2.75) is 65.2 Å². The molecule has 0 spiro atoms. The van der Waals surface area contributed by atoms with Gasteiger partial charge >= 0.3 is 21.1 Å². The van der Waals surface area contributed by atoms with E-state index in [9.17, 15) is 0 Å². The van der Waals surface area contributed by atoms with Gasteiger partial charge in [-0.2, -0.15) is 0 Å². The quantitative estimate of drug-likeness (QED) is 0.313. The summed E-state index contributed by atoms with van der Waals surface area (Å²) >= 11 is 0. The predicted molar refractivity (Wildman–Crippen MR) is 123 cm³/mol. The summed E-state index contributed by atoms with van der Waals surface area (Å²) < 4.78 is 3.62. The average Bonchev–Trinajstić information content (AvgIpc) is 3.43. The maximum atomic E-state index is 4.97. The van der Waals surface area contributed by atoms with Crippen molar-refractivity contribution in [1.82, 2.24) is 29.5 Å². The molecular weight excluding hydrogens is 591 g/mol. The van der Waals surface area contributed by atoms with Crippen molar-refractivity contribution in [2.24, 2.45) is 0 Å². The van der Waals surface area contributed by atoms with E-state index in [0.717, 1.165) is 66.5 Å². The summed E-state index contributed by atoms with van der Waals surface area (Å²) in [5.41, 5.74) is 6.00. The Morgan fingerprint density at radius 2 is 1.24 bits per heavy atom. The molecule has 0 aromatic carbocycles. The molecule has 0 unspecified atom stereocenters. The minimum absolute atomic E-state index is 0. The number of aromatic nitrogens is 6. The summed E-state index contributed by atoms with van der Waals surface area (Å²) in [5.74, 6) is 1.58. The first-order valence-electron chi connectivity index (χ1n) is 11.5. The smallest absolute Gasteiger partial charge is 0.343 e. The Kier molecular flexibility index (Phi) is 6.67. The van der Waals surface area contributed by atoms with Crippen LogP contribution in [0.1, 0.15) is 68.0 Å². The first kappa shape index (κ1) is 23.6.